The second-order valence-electron chi connectivity index (χ2n) is 35.4. The Bertz CT molecular complexity index is 5810. The molecule has 0 atom stereocenters. The lowest BCUT2D eigenvalue weighted by Crippen LogP contribution is -2.28. The number of para-hydroxylation sites is 15. The number of aryl methyl sites for hydroxylation is 3. The van der Waals surface area contributed by atoms with Crippen molar-refractivity contribution in [2.45, 2.75) is 60.9 Å². The maximum atomic E-state index is 5.45. The number of ether oxygens (including phenoxy) is 3. The summed E-state index contributed by atoms with van der Waals surface area (Å²) in [5.41, 5.74) is 28.3. The van der Waals surface area contributed by atoms with Crippen LogP contribution >= 0.6 is 35.3 Å². The van der Waals surface area contributed by atoms with Crippen LogP contribution in [0.4, 0.5) is 56.9 Å². The molecule has 11 aliphatic heterocycles. The van der Waals surface area contributed by atoms with Crippen LogP contribution in [-0.2, 0) is 63.5 Å². The van der Waals surface area contributed by atoms with Crippen LogP contribution in [0.1, 0.15) is 50.9 Å². The molecule has 2 aromatic heterocycles. The van der Waals surface area contributed by atoms with E-state index in [4.69, 9.17) is 14.2 Å². The van der Waals surface area contributed by atoms with Crippen LogP contribution in [0, 0.1) is 0 Å². The maximum absolute atomic E-state index is 5.45. The summed E-state index contributed by atoms with van der Waals surface area (Å²) in [5.74, 6) is 6.59. The van der Waals surface area contributed by atoms with Gasteiger partial charge in [0.05, 0.1) is 65.0 Å². The predicted octanol–water partition coefficient (Wildman–Crippen LogP) is 24.8. The molecule has 0 bridgehead atoms. The van der Waals surface area contributed by atoms with Crippen molar-refractivity contribution in [3.63, 3.8) is 0 Å². The molecule has 13 aromatic carbocycles. The Morgan fingerprint density at radius 2 is 0.810 bits per heavy atom. The number of hydrogen-bond donors (Lipinski definition) is 0. The van der Waals surface area contributed by atoms with Gasteiger partial charge in [-0.1, -0.05) is 231 Å². The molecule has 17 nitrogen and oxygen atoms in total. The highest BCUT2D eigenvalue weighted by molar-refractivity contribution is 8.00. The summed E-state index contributed by atoms with van der Waals surface area (Å²) >= 11 is 5.82. The Hall–Kier alpha value is -13.1. The number of benzene rings is 13. The standard InChI is InChI=1S/C10H13N.2C10H11N.2C9H11NO.2C9H11NS.2C9H11N.C9H9N.C8H8N2.C8H9NO.C8H9NS/c3*1-11-8-4-6-9-5-2-3-7-10(9)11;1-10-7-11-6-8-4-2-3-5-9(8)10;1-10-6-7-11-9-5-3-2-4-8(9)10;1-10-7-11-6-8-4-2-3-5-9(8)10;1-10-6-7-11-9-5-3-2-4-8(9)10;1-10-6-8-4-2-3-5-9(8)7-10;2*1-10-7-6-8-4-2-3-5-9(8)10;1-10-6-9-7-4-2-3-5-8(7)10;2*1-9-6-10-8-5-3-2-4-7(8)9/h2-3,5,7H,4,6,8H2,1H3;2-5,7-8H,6H2,1H3;2-7H,8H2,1H3;4*2-5H,6-7H2,1H3;2*2-5H,6-7H2,1H3;2-7H,1H3;2-6H,1H3;2*2-5H,6H2,1H3. The van der Waals surface area contributed by atoms with Crippen LogP contribution < -0.4 is 58.5 Å². The van der Waals surface area contributed by atoms with E-state index >= 15 is 0 Å². The number of rotatable bonds is 0. The number of allylic oxidation sites excluding steroid dienone is 1. The average molecular weight is 1880 g/mol. The highest BCUT2D eigenvalue weighted by Crippen LogP contribution is 2.39. The Morgan fingerprint density at radius 3 is 1.42 bits per heavy atom. The molecule has 0 fully saturated rings. The number of anilines is 10. The number of thioether (sulfide) groups is 3. The summed E-state index contributed by atoms with van der Waals surface area (Å²) in [6.07, 6.45) is 17.4. The monoisotopic (exact) mass is 1880 g/mol. The summed E-state index contributed by atoms with van der Waals surface area (Å²) in [4.78, 5) is 31.6. The molecule has 26 rings (SSSR count). The third-order valence-electron chi connectivity index (χ3n) is 25.1. The Morgan fingerprint density at radius 1 is 0.328 bits per heavy atom. The topological polar surface area (TPSA) is 86.1 Å². The van der Waals surface area contributed by atoms with Crippen LogP contribution in [0.15, 0.2) is 362 Å². The number of fused-ring (bicyclic) bond motifs is 13. The molecule has 0 saturated heterocycles. The lowest BCUT2D eigenvalue weighted by molar-refractivity contribution is 0.113. The van der Waals surface area contributed by atoms with Crippen molar-refractivity contribution in [1.29, 1.82) is 0 Å². The molecular weight excluding hydrogens is 1750 g/mol. The minimum atomic E-state index is 0.680. The third kappa shape index (κ3) is 28.1. The fourth-order valence-electron chi connectivity index (χ4n) is 17.5. The van der Waals surface area contributed by atoms with Gasteiger partial charge in [-0.2, -0.15) is 0 Å². The number of hydrogen-bond acceptors (Lipinski definition) is 18. The van der Waals surface area contributed by atoms with Gasteiger partial charge in [-0.3, -0.25) is 4.90 Å². The molecule has 13 heterocycles. The van der Waals surface area contributed by atoms with Crippen molar-refractivity contribution >= 4 is 120 Å². The Kier molecular flexibility index (Phi) is 37.3. The zero-order valence-electron chi connectivity index (χ0n) is 82.2. The van der Waals surface area contributed by atoms with Gasteiger partial charge in [0.2, 0.25) is 0 Å². The van der Waals surface area contributed by atoms with E-state index in [-0.39, 0.29) is 0 Å². The first-order chi connectivity index (χ1) is 66.9. The fraction of sp³-hybridized carbons (Fsp3) is 0.274. The number of imidazole rings is 1. The van der Waals surface area contributed by atoms with E-state index in [1.54, 1.807) is 0 Å². The largest absolute Gasteiger partial charge is 0.490 e. The molecule has 0 amide bonds. The lowest BCUT2D eigenvalue weighted by Gasteiger charge is -2.27. The lowest BCUT2D eigenvalue weighted by atomic mass is 10.0. The van der Waals surface area contributed by atoms with Gasteiger partial charge in [0.25, 0.3) is 0 Å². The van der Waals surface area contributed by atoms with Gasteiger partial charge in [0, 0.05) is 203 Å². The van der Waals surface area contributed by atoms with Crippen LogP contribution in [0.25, 0.3) is 28.0 Å². The number of nitrogens with zero attached hydrogens (tertiary/aromatic N) is 14. The first-order valence-corrected chi connectivity index (χ1v) is 50.6. The quantitative estimate of drug-likeness (QED) is 0.144. The van der Waals surface area contributed by atoms with E-state index in [0.717, 1.165) is 74.6 Å². The molecule has 710 valence electrons. The molecule has 20 heteroatoms. The van der Waals surface area contributed by atoms with E-state index in [1.807, 2.05) is 128 Å². The number of aromatic nitrogens is 3. The van der Waals surface area contributed by atoms with Crippen molar-refractivity contribution in [2.75, 3.05) is 197 Å². The average Bonchev–Trinajstić information content (AvgIpc) is 1.54. The summed E-state index contributed by atoms with van der Waals surface area (Å²) in [7, 11) is 27.3. The SMILES string of the molecule is CN1C=CCc2ccccc21.CN1CC=Cc2ccccc21.CN1CCCc2ccccc21.CN1CCOc2ccccc21.CN1CCSc2ccccc21.CN1CCc2ccccc21.CN1COCc2ccccc21.CN1COc2ccccc21.CN1CSCc2ccccc21.CN1CSc2ccccc21.CN1Cc2ccccc2C1.Cn1ccc2ccccc21.Cn1cnc2ccccc21. The van der Waals surface area contributed by atoms with Crippen molar-refractivity contribution in [1.82, 2.24) is 19.0 Å². The zero-order valence-corrected chi connectivity index (χ0v) is 84.7. The van der Waals surface area contributed by atoms with Gasteiger partial charge in [-0.05, 0) is 186 Å². The molecule has 0 radical (unpaired) electrons. The summed E-state index contributed by atoms with van der Waals surface area (Å²) in [6.45, 7) is 10.7. The third-order valence-corrected chi connectivity index (χ3v) is 28.4. The molecule has 0 spiro atoms. The maximum Gasteiger partial charge on any atom is 0.161 e. The van der Waals surface area contributed by atoms with E-state index in [9.17, 15) is 0 Å². The van der Waals surface area contributed by atoms with Crippen LogP contribution in [-0.4, -0.2) is 167 Å². The second kappa shape index (κ2) is 51.2. The van der Waals surface area contributed by atoms with Gasteiger partial charge in [0.1, 0.15) is 24.8 Å². The van der Waals surface area contributed by atoms with Gasteiger partial charge in [0.15, 0.2) is 6.73 Å². The van der Waals surface area contributed by atoms with Gasteiger partial charge in [-0.15, -0.1) is 35.3 Å². The Balaban J connectivity index is 0.000000119. The first kappa shape index (κ1) is 99.9. The molecule has 0 N–H and O–H groups in total. The summed E-state index contributed by atoms with van der Waals surface area (Å²) < 4.78 is 20.3. The highest BCUT2D eigenvalue weighted by atomic mass is 32.2. The minimum Gasteiger partial charge on any atom is -0.490 e. The smallest absolute Gasteiger partial charge is 0.161 e. The van der Waals surface area contributed by atoms with Crippen molar-refractivity contribution in [3.8, 4) is 11.5 Å². The summed E-state index contributed by atoms with van der Waals surface area (Å²) in [5, 5.41) is 1.31. The van der Waals surface area contributed by atoms with Gasteiger partial charge < -0.3 is 72.3 Å². The van der Waals surface area contributed by atoms with Gasteiger partial charge >= 0.3 is 0 Å². The molecule has 15 aromatic rings. The molecule has 0 saturated carbocycles. The van der Waals surface area contributed by atoms with E-state index in [1.165, 1.54) is 178 Å². The number of likely N-dealkylation sites (N-methyl/N-ethyl adjacent to an activating group) is 3. The minimum absolute atomic E-state index is 0.680. The van der Waals surface area contributed by atoms with E-state index in [2.05, 4.69) is 425 Å². The van der Waals surface area contributed by atoms with Crippen LogP contribution in [0.5, 0.6) is 11.5 Å². The molecule has 137 heavy (non-hydrogen) atoms. The van der Waals surface area contributed by atoms with Crippen molar-refractivity contribution < 1.29 is 14.2 Å². The zero-order chi connectivity index (χ0) is 95.6. The molecule has 0 aliphatic carbocycles. The van der Waals surface area contributed by atoms with E-state index < -0.39 is 0 Å². The molecule has 0 unspecified atom stereocenters. The predicted molar refractivity (Wildman–Crippen MR) is 590 cm³/mol. The normalized spacial score (nSPS) is 15.0. The molecule has 11 aliphatic rings. The summed E-state index contributed by atoms with van der Waals surface area (Å²) in [6, 6.07) is 112. The molecular formula is C117H136N14O3S3. The van der Waals surface area contributed by atoms with Gasteiger partial charge in [-0.25, -0.2) is 4.98 Å². The van der Waals surface area contributed by atoms with E-state index in [0.29, 0.717) is 13.5 Å². The highest BCUT2D eigenvalue weighted by Gasteiger charge is 2.21. The fourth-order valence-corrected chi connectivity index (χ4v) is 20.6. The van der Waals surface area contributed by atoms with Crippen molar-refractivity contribution in [2.24, 2.45) is 14.1 Å². The first-order valence-electron chi connectivity index (χ1n) is 47.5. The Labute approximate surface area is 827 Å². The second-order valence-corrected chi connectivity index (χ2v) is 38.4. The van der Waals surface area contributed by atoms with Crippen LogP contribution in [0.3, 0.4) is 0 Å². The van der Waals surface area contributed by atoms with Crippen molar-refractivity contribution in [3.05, 3.63) is 397 Å². The van der Waals surface area contributed by atoms with Crippen LogP contribution in [0.2, 0.25) is 0 Å².